The topological polar surface area (TPSA) is 52.0 Å². The minimum atomic E-state index is 0.0412. The van der Waals surface area contributed by atoms with E-state index in [1.165, 1.54) is 263 Å². The van der Waals surface area contributed by atoms with Crippen LogP contribution in [0.1, 0.15) is 295 Å². The molecular weight excluding hydrogens is 833 g/mol. The van der Waals surface area contributed by atoms with Gasteiger partial charge in [-0.25, -0.2) is 0 Å². The highest BCUT2D eigenvalue weighted by molar-refractivity contribution is 5.51. The molecule has 2 heteroatoms. The summed E-state index contributed by atoms with van der Waals surface area (Å²) < 4.78 is 0. The van der Waals surface area contributed by atoms with Gasteiger partial charge in [-0.2, -0.15) is 0 Å². The fraction of sp³-hybridized carbons (Fsp3) is 0.642. The lowest BCUT2D eigenvalue weighted by Crippen LogP contribution is -2.33. The van der Waals surface area contributed by atoms with Crippen molar-refractivity contribution < 1.29 is 0 Å². The van der Waals surface area contributed by atoms with Crippen LogP contribution in [0.15, 0.2) is 84.9 Å². The Morgan fingerprint density at radius 2 is 0.725 bits per heavy atom. The van der Waals surface area contributed by atoms with E-state index in [2.05, 4.69) is 120 Å². The molecule has 0 heterocycles. The molecule has 382 valence electrons. The summed E-state index contributed by atoms with van der Waals surface area (Å²) in [6.45, 7) is 11.5. The minimum absolute atomic E-state index is 0.0412. The molecule has 0 amide bonds. The van der Waals surface area contributed by atoms with Crippen LogP contribution >= 0.6 is 0 Å². The number of anilines is 2. The monoisotopic (exact) mass is 937 g/mol. The second-order valence-electron chi connectivity index (χ2n) is 22.5. The van der Waals surface area contributed by atoms with Gasteiger partial charge in [0.05, 0.1) is 0 Å². The van der Waals surface area contributed by atoms with Gasteiger partial charge in [0.25, 0.3) is 0 Å². The molecule has 69 heavy (non-hydrogen) atoms. The maximum Gasteiger partial charge on any atom is 0.0316 e. The normalized spacial score (nSPS) is 17.0. The number of hydrogen-bond acceptors (Lipinski definition) is 2. The van der Waals surface area contributed by atoms with E-state index in [9.17, 15) is 0 Å². The van der Waals surface area contributed by atoms with Crippen molar-refractivity contribution in [2.75, 3.05) is 11.5 Å². The predicted molar refractivity (Wildman–Crippen MR) is 306 cm³/mol. The fourth-order valence-electron chi connectivity index (χ4n) is 12.5. The van der Waals surface area contributed by atoms with Crippen molar-refractivity contribution in [3.05, 3.63) is 129 Å². The van der Waals surface area contributed by atoms with Gasteiger partial charge < -0.3 is 11.5 Å². The van der Waals surface area contributed by atoms with Crippen LogP contribution in [0.25, 0.3) is 0 Å². The van der Waals surface area contributed by atoms with Crippen molar-refractivity contribution in [1.82, 2.24) is 0 Å². The van der Waals surface area contributed by atoms with Crippen molar-refractivity contribution in [1.29, 1.82) is 0 Å². The predicted octanol–water partition coefficient (Wildman–Crippen LogP) is 21.0. The molecular formula is C67H104N2. The highest BCUT2D eigenvalue weighted by atomic mass is 14.5. The lowest BCUT2D eigenvalue weighted by atomic mass is 9.62. The molecule has 1 aliphatic rings. The molecule has 4 aromatic carbocycles. The zero-order valence-electron chi connectivity index (χ0n) is 45.5. The molecule has 2 unspecified atom stereocenters. The van der Waals surface area contributed by atoms with Gasteiger partial charge in [0, 0.05) is 28.6 Å². The first-order valence-electron chi connectivity index (χ1n) is 29.7. The Hall–Kier alpha value is -3.52. The Balaban J connectivity index is 1.35. The first-order chi connectivity index (χ1) is 33.8. The second-order valence-corrected chi connectivity index (χ2v) is 22.5. The summed E-state index contributed by atoms with van der Waals surface area (Å²) >= 11 is 0. The minimum Gasteiger partial charge on any atom is -0.399 e. The van der Waals surface area contributed by atoms with Crippen LogP contribution in [-0.2, 0) is 5.41 Å². The smallest absolute Gasteiger partial charge is 0.0316 e. The molecule has 0 spiro atoms. The first-order valence-corrected chi connectivity index (χ1v) is 29.7. The van der Waals surface area contributed by atoms with E-state index in [-0.39, 0.29) is 5.41 Å². The number of aryl methyl sites for hydroxylation is 2. The van der Waals surface area contributed by atoms with Gasteiger partial charge in [-0.3, -0.25) is 0 Å². The molecule has 2 nitrogen and oxygen atoms in total. The van der Waals surface area contributed by atoms with Gasteiger partial charge in [0.1, 0.15) is 0 Å². The average molecular weight is 938 g/mol. The van der Waals surface area contributed by atoms with Crippen molar-refractivity contribution in [2.45, 2.75) is 270 Å². The summed E-state index contributed by atoms with van der Waals surface area (Å²) in [4.78, 5) is 0. The Labute approximate surface area is 426 Å². The Morgan fingerprint density at radius 3 is 1.06 bits per heavy atom. The van der Waals surface area contributed by atoms with Crippen LogP contribution in [0.5, 0.6) is 0 Å². The largest absolute Gasteiger partial charge is 0.399 e. The van der Waals surface area contributed by atoms with Crippen LogP contribution in [0.3, 0.4) is 0 Å². The summed E-state index contributed by atoms with van der Waals surface area (Å²) in [5, 5.41) is 0. The number of nitrogen functional groups attached to an aromatic ring is 2. The molecule has 5 rings (SSSR count). The van der Waals surface area contributed by atoms with E-state index in [4.69, 9.17) is 11.5 Å². The number of rotatable bonds is 36. The van der Waals surface area contributed by atoms with Crippen LogP contribution < -0.4 is 11.5 Å². The summed E-state index contributed by atoms with van der Waals surface area (Å²) in [5.41, 5.74) is 26.0. The van der Waals surface area contributed by atoms with Gasteiger partial charge >= 0.3 is 0 Å². The third-order valence-electron chi connectivity index (χ3n) is 16.9. The molecule has 1 aliphatic carbocycles. The van der Waals surface area contributed by atoms with E-state index in [1.54, 1.807) is 0 Å². The zero-order chi connectivity index (χ0) is 48.9. The quantitative estimate of drug-likeness (QED) is 0.0353. The van der Waals surface area contributed by atoms with Crippen LogP contribution in [0.2, 0.25) is 0 Å². The van der Waals surface area contributed by atoms with E-state index in [1.807, 2.05) is 0 Å². The molecule has 4 aromatic rings. The standard InChI is InChI=1S/C67H104N2/c1-6-9-12-15-18-21-24-27-30-33-56-48-50-67(51-49-56,59-40-36-57(37-41-59)65(63-46-44-61(68)52-54(63)4)34-31-28-25-22-19-16-13-10-7-2)60-42-38-58(39-43-60)66(64-47-45-62(69)53-55(64)5)35-32-29-26-23-20-17-14-11-8-3/h36-47,52-53,56,65-66H,6-35,48-51,68-69H2,1-5H3. The third kappa shape index (κ3) is 18.9. The molecule has 0 aromatic heterocycles. The molecule has 1 saturated carbocycles. The summed E-state index contributed by atoms with van der Waals surface area (Å²) in [7, 11) is 0. The summed E-state index contributed by atoms with van der Waals surface area (Å²) in [6, 6.07) is 33.6. The maximum atomic E-state index is 6.33. The van der Waals surface area contributed by atoms with Crippen molar-refractivity contribution >= 4 is 11.4 Å². The van der Waals surface area contributed by atoms with Crippen molar-refractivity contribution in [3.63, 3.8) is 0 Å². The van der Waals surface area contributed by atoms with Gasteiger partial charge in [-0.15, -0.1) is 0 Å². The van der Waals surface area contributed by atoms with Gasteiger partial charge in [-0.05, 0) is 127 Å². The highest BCUT2D eigenvalue weighted by Gasteiger charge is 2.38. The van der Waals surface area contributed by atoms with Gasteiger partial charge in [0.15, 0.2) is 0 Å². The second kappa shape index (κ2) is 32.5. The number of nitrogens with two attached hydrogens (primary N) is 2. The van der Waals surface area contributed by atoms with E-state index in [0.29, 0.717) is 11.8 Å². The Morgan fingerprint density at radius 1 is 0.406 bits per heavy atom. The number of hydrogen-bond donors (Lipinski definition) is 2. The van der Waals surface area contributed by atoms with Crippen LogP contribution in [0, 0.1) is 19.8 Å². The summed E-state index contributed by atoms with van der Waals surface area (Å²) in [5.74, 6) is 1.64. The molecule has 0 aliphatic heterocycles. The maximum absolute atomic E-state index is 6.33. The van der Waals surface area contributed by atoms with Crippen molar-refractivity contribution in [3.8, 4) is 0 Å². The van der Waals surface area contributed by atoms with Crippen molar-refractivity contribution in [2.24, 2.45) is 5.92 Å². The van der Waals surface area contributed by atoms with E-state index < -0.39 is 0 Å². The number of benzene rings is 4. The molecule has 0 radical (unpaired) electrons. The molecule has 1 fully saturated rings. The van der Waals surface area contributed by atoms with Crippen LogP contribution in [0.4, 0.5) is 11.4 Å². The molecule has 0 saturated heterocycles. The zero-order valence-corrected chi connectivity index (χ0v) is 45.5. The van der Waals surface area contributed by atoms with E-state index in [0.717, 1.165) is 17.3 Å². The highest BCUT2D eigenvalue weighted by Crippen LogP contribution is 2.49. The lowest BCUT2D eigenvalue weighted by molar-refractivity contribution is 0.250. The summed E-state index contributed by atoms with van der Waals surface area (Å²) in [6.07, 6.45) is 46.2. The Kier molecular flexibility index (Phi) is 26.5. The molecule has 4 N–H and O–H groups in total. The SMILES string of the molecule is CCCCCCCCCCCC1CCC(c2ccc(C(CCCCCCCCCCC)c3ccc(N)cc3C)cc2)(c2ccc(C(CCCCCCCCCCC)c3ccc(N)cc3C)cc2)CC1. The lowest BCUT2D eigenvalue weighted by Gasteiger charge is -2.42. The number of unbranched alkanes of at least 4 members (excludes halogenated alkanes) is 24. The van der Waals surface area contributed by atoms with Gasteiger partial charge in [-0.1, -0.05) is 261 Å². The molecule has 2 atom stereocenters. The van der Waals surface area contributed by atoms with Crippen LogP contribution in [-0.4, -0.2) is 0 Å². The van der Waals surface area contributed by atoms with E-state index >= 15 is 0 Å². The fourth-order valence-corrected chi connectivity index (χ4v) is 12.5. The average Bonchev–Trinajstić information content (AvgIpc) is 3.36. The first kappa shape index (κ1) is 56.4. The third-order valence-corrected chi connectivity index (χ3v) is 16.9. The Bertz CT molecular complexity index is 1810. The molecule has 0 bridgehead atoms. The van der Waals surface area contributed by atoms with Gasteiger partial charge in [0.2, 0.25) is 0 Å².